The minimum atomic E-state index is 0.119. The van der Waals surface area contributed by atoms with Crippen molar-refractivity contribution in [1.82, 2.24) is 0 Å². The maximum Gasteiger partial charge on any atom is 0.148 e. The number of nitrogens with two attached hydrogens (primary N) is 1. The lowest BCUT2D eigenvalue weighted by molar-refractivity contribution is 0.477. The van der Waals surface area contributed by atoms with Gasteiger partial charge in [-0.2, -0.15) is 0 Å². The molecule has 0 amide bonds. The van der Waals surface area contributed by atoms with Crippen molar-refractivity contribution < 1.29 is 5.11 Å². The SMILES string of the molecule is C/C=C/c1c(N)c(Nc2ccc(N(CC)C(C)C)cc2)cc(Nc2ccc(N(CC)C(C)C)cc2)c1O. The number of nitrogen functional groups attached to an aromatic ring is 1. The van der Waals surface area contributed by atoms with Crippen LogP contribution in [0.2, 0.25) is 0 Å². The summed E-state index contributed by atoms with van der Waals surface area (Å²) in [6, 6.07) is 19.3. The van der Waals surface area contributed by atoms with Gasteiger partial charge in [-0.1, -0.05) is 12.2 Å². The monoisotopic (exact) mass is 501 g/mol. The van der Waals surface area contributed by atoms with Gasteiger partial charge in [-0.05, 0) is 103 Å². The number of rotatable bonds is 11. The molecule has 0 saturated carbocycles. The van der Waals surface area contributed by atoms with Crippen molar-refractivity contribution in [2.45, 2.75) is 60.5 Å². The summed E-state index contributed by atoms with van der Waals surface area (Å²) >= 11 is 0. The van der Waals surface area contributed by atoms with Gasteiger partial charge in [0, 0.05) is 53.5 Å². The fraction of sp³-hybridized carbons (Fsp3) is 0.355. The first-order chi connectivity index (χ1) is 17.7. The number of hydrogen-bond donors (Lipinski definition) is 4. The second-order valence-electron chi connectivity index (χ2n) is 9.75. The Morgan fingerprint density at radius 2 is 1.22 bits per heavy atom. The van der Waals surface area contributed by atoms with Gasteiger partial charge in [-0.25, -0.2) is 0 Å². The average Bonchev–Trinajstić information content (AvgIpc) is 2.87. The fourth-order valence-corrected chi connectivity index (χ4v) is 4.72. The molecule has 0 radical (unpaired) electrons. The maximum atomic E-state index is 11.0. The molecule has 3 rings (SSSR count). The van der Waals surface area contributed by atoms with Crippen molar-refractivity contribution in [2.24, 2.45) is 0 Å². The summed E-state index contributed by atoms with van der Waals surface area (Å²) < 4.78 is 0. The van der Waals surface area contributed by atoms with E-state index >= 15 is 0 Å². The largest absolute Gasteiger partial charge is 0.505 e. The van der Waals surface area contributed by atoms with Crippen molar-refractivity contribution in [3.8, 4) is 5.75 Å². The Balaban J connectivity index is 1.91. The van der Waals surface area contributed by atoms with E-state index < -0.39 is 0 Å². The number of allylic oxidation sites excluding steroid dienone is 1. The minimum absolute atomic E-state index is 0.119. The highest BCUT2D eigenvalue weighted by Crippen LogP contribution is 2.41. The Morgan fingerprint density at radius 1 is 0.784 bits per heavy atom. The summed E-state index contributed by atoms with van der Waals surface area (Å²) in [5.41, 5.74) is 13.1. The molecule has 6 nitrogen and oxygen atoms in total. The topological polar surface area (TPSA) is 76.8 Å². The highest BCUT2D eigenvalue weighted by Gasteiger charge is 2.16. The van der Waals surface area contributed by atoms with Crippen LogP contribution in [0.15, 0.2) is 60.7 Å². The van der Waals surface area contributed by atoms with Crippen molar-refractivity contribution in [1.29, 1.82) is 0 Å². The zero-order chi connectivity index (χ0) is 27.1. The van der Waals surface area contributed by atoms with Crippen LogP contribution in [0.25, 0.3) is 6.08 Å². The van der Waals surface area contributed by atoms with Gasteiger partial charge in [0.05, 0.1) is 17.1 Å². The number of anilines is 7. The van der Waals surface area contributed by atoms with Crippen LogP contribution in [-0.4, -0.2) is 30.3 Å². The van der Waals surface area contributed by atoms with Crippen LogP contribution in [0.3, 0.4) is 0 Å². The van der Waals surface area contributed by atoms with E-state index in [1.165, 1.54) is 11.4 Å². The van der Waals surface area contributed by atoms with E-state index in [1.54, 1.807) is 0 Å². The highest BCUT2D eigenvalue weighted by atomic mass is 16.3. The predicted molar refractivity (Wildman–Crippen MR) is 163 cm³/mol. The molecule has 198 valence electrons. The van der Waals surface area contributed by atoms with Crippen LogP contribution in [0, 0.1) is 0 Å². The second kappa shape index (κ2) is 12.4. The number of aromatic hydroxyl groups is 1. The zero-order valence-electron chi connectivity index (χ0n) is 23.3. The highest BCUT2D eigenvalue weighted by molar-refractivity contribution is 5.90. The van der Waals surface area contributed by atoms with E-state index in [-0.39, 0.29) is 5.75 Å². The van der Waals surface area contributed by atoms with Gasteiger partial charge in [0.2, 0.25) is 0 Å². The molecule has 3 aromatic carbocycles. The Morgan fingerprint density at radius 3 is 1.59 bits per heavy atom. The van der Waals surface area contributed by atoms with Crippen LogP contribution >= 0.6 is 0 Å². The lowest BCUT2D eigenvalue weighted by Crippen LogP contribution is -2.30. The molecular weight excluding hydrogens is 458 g/mol. The smallest absolute Gasteiger partial charge is 0.148 e. The summed E-state index contributed by atoms with van der Waals surface area (Å²) in [7, 11) is 0. The van der Waals surface area contributed by atoms with Gasteiger partial charge in [-0.15, -0.1) is 0 Å². The van der Waals surface area contributed by atoms with Crippen LogP contribution in [0.4, 0.5) is 39.8 Å². The Labute approximate surface area is 222 Å². The van der Waals surface area contributed by atoms with Crippen LogP contribution in [0.1, 0.15) is 54.0 Å². The van der Waals surface area contributed by atoms with Crippen LogP contribution in [-0.2, 0) is 0 Å². The Bertz CT molecular complexity index is 1100. The third-order valence-electron chi connectivity index (χ3n) is 6.60. The van der Waals surface area contributed by atoms with E-state index in [0.29, 0.717) is 29.0 Å². The molecule has 0 aliphatic carbocycles. The molecule has 37 heavy (non-hydrogen) atoms. The molecule has 5 N–H and O–H groups in total. The second-order valence-corrected chi connectivity index (χ2v) is 9.75. The lowest BCUT2D eigenvalue weighted by atomic mass is 10.1. The molecule has 0 bridgehead atoms. The van der Waals surface area contributed by atoms with Gasteiger partial charge in [0.25, 0.3) is 0 Å². The molecule has 0 fully saturated rings. The number of benzene rings is 3. The van der Waals surface area contributed by atoms with Crippen molar-refractivity contribution in [2.75, 3.05) is 39.3 Å². The summed E-state index contributed by atoms with van der Waals surface area (Å²) in [6.45, 7) is 16.9. The molecule has 0 saturated heterocycles. The van der Waals surface area contributed by atoms with Crippen LogP contribution < -0.4 is 26.2 Å². The molecule has 3 aromatic rings. The lowest BCUT2D eigenvalue weighted by Gasteiger charge is -2.27. The Hall–Kier alpha value is -3.80. The molecule has 0 spiro atoms. The first kappa shape index (κ1) is 27.8. The third kappa shape index (κ3) is 6.50. The molecule has 0 aliphatic heterocycles. The predicted octanol–water partition coefficient (Wildman–Crippen LogP) is 7.96. The molecular formula is C31H43N5O. The van der Waals surface area contributed by atoms with Gasteiger partial charge in [0.1, 0.15) is 5.75 Å². The Kier molecular flexibility index (Phi) is 9.34. The maximum absolute atomic E-state index is 11.0. The summed E-state index contributed by atoms with van der Waals surface area (Å²) in [6.07, 6.45) is 3.70. The molecule has 6 heteroatoms. The standard InChI is InChI=1S/C31H43N5O/c1-8-11-27-30(32)28(33-23-12-16-25(17-13-23)35(9-2)21(4)5)20-29(31(27)37)34-24-14-18-26(19-15-24)36(10-3)22(6)7/h8,11-22,33-34,37H,9-10,32H2,1-7H3/b11-8+. The number of phenols is 1. The molecule has 0 aromatic heterocycles. The first-order valence-corrected chi connectivity index (χ1v) is 13.3. The van der Waals surface area contributed by atoms with E-state index in [4.69, 9.17) is 5.73 Å². The minimum Gasteiger partial charge on any atom is -0.505 e. The molecule has 0 atom stereocenters. The van der Waals surface area contributed by atoms with Gasteiger partial charge >= 0.3 is 0 Å². The van der Waals surface area contributed by atoms with Gasteiger partial charge < -0.3 is 31.3 Å². The molecule has 0 heterocycles. The molecule has 0 aliphatic rings. The van der Waals surface area contributed by atoms with Crippen molar-refractivity contribution >= 4 is 45.9 Å². The average molecular weight is 502 g/mol. The number of nitrogens with zero attached hydrogens (tertiary/aromatic N) is 2. The molecule has 0 unspecified atom stereocenters. The first-order valence-electron chi connectivity index (χ1n) is 13.3. The van der Waals surface area contributed by atoms with E-state index in [2.05, 4.69) is 98.4 Å². The van der Waals surface area contributed by atoms with Gasteiger partial charge in [0.15, 0.2) is 0 Å². The number of hydrogen-bond acceptors (Lipinski definition) is 6. The summed E-state index contributed by atoms with van der Waals surface area (Å²) in [5, 5.41) is 17.9. The van der Waals surface area contributed by atoms with E-state index in [1.807, 2.05) is 37.3 Å². The summed E-state index contributed by atoms with van der Waals surface area (Å²) in [5.74, 6) is 0.119. The fourth-order valence-electron chi connectivity index (χ4n) is 4.72. The van der Waals surface area contributed by atoms with Gasteiger partial charge in [-0.3, -0.25) is 0 Å². The van der Waals surface area contributed by atoms with Crippen LogP contribution in [0.5, 0.6) is 5.75 Å². The summed E-state index contributed by atoms with van der Waals surface area (Å²) in [4.78, 5) is 4.68. The zero-order valence-corrected chi connectivity index (χ0v) is 23.3. The van der Waals surface area contributed by atoms with E-state index in [9.17, 15) is 5.11 Å². The van der Waals surface area contributed by atoms with Crippen molar-refractivity contribution in [3.05, 3.63) is 66.2 Å². The third-order valence-corrected chi connectivity index (χ3v) is 6.60. The van der Waals surface area contributed by atoms with E-state index in [0.717, 1.165) is 30.2 Å². The number of nitrogens with one attached hydrogen (secondary N) is 2. The number of phenolic OH excluding ortho intramolecular Hbond substituents is 1. The quantitative estimate of drug-likeness (QED) is 0.121. The van der Waals surface area contributed by atoms with Crippen molar-refractivity contribution in [3.63, 3.8) is 0 Å². The normalized spacial score (nSPS) is 11.4.